The number of rotatable bonds is 9. The fourth-order valence-corrected chi connectivity index (χ4v) is 1.73. The molecular weight excluding hydrogens is 282 g/mol. The van der Waals surface area contributed by atoms with Gasteiger partial charge in [-0.15, -0.1) is 0 Å². The summed E-state index contributed by atoms with van der Waals surface area (Å²) in [5.41, 5.74) is 0.0739. The maximum atomic E-state index is 11.8. The molecule has 20 heavy (non-hydrogen) atoms. The lowest BCUT2D eigenvalue weighted by molar-refractivity contribution is 0.132. The van der Waals surface area contributed by atoms with Crippen LogP contribution < -0.4 is 10.9 Å². The Morgan fingerprint density at radius 3 is 2.90 bits per heavy atom. The number of aliphatic hydroxyl groups excluding tert-OH is 1. The molecular formula is C13H22ClN3O3. The van der Waals surface area contributed by atoms with Gasteiger partial charge in [0.1, 0.15) is 5.02 Å². The second kappa shape index (κ2) is 8.94. The molecule has 0 aliphatic rings. The molecule has 0 bridgehead atoms. The minimum atomic E-state index is -0.411. The number of aromatic nitrogens is 2. The molecule has 1 aromatic rings. The van der Waals surface area contributed by atoms with Gasteiger partial charge in [0.25, 0.3) is 5.56 Å². The predicted molar refractivity (Wildman–Crippen MR) is 79.4 cm³/mol. The summed E-state index contributed by atoms with van der Waals surface area (Å²) < 4.78 is 6.59. The summed E-state index contributed by atoms with van der Waals surface area (Å²) in [6.07, 6.45) is 2.51. The van der Waals surface area contributed by atoms with E-state index in [4.69, 9.17) is 21.4 Å². The van der Waals surface area contributed by atoms with Gasteiger partial charge < -0.3 is 15.2 Å². The molecule has 0 saturated carbocycles. The minimum Gasteiger partial charge on any atom is -0.394 e. The molecule has 0 aromatic carbocycles. The van der Waals surface area contributed by atoms with Crippen molar-refractivity contribution in [3.05, 3.63) is 21.6 Å². The number of nitrogens with zero attached hydrogens (tertiary/aromatic N) is 2. The van der Waals surface area contributed by atoms with Gasteiger partial charge >= 0.3 is 0 Å². The van der Waals surface area contributed by atoms with Crippen LogP contribution in [-0.2, 0) is 11.3 Å². The van der Waals surface area contributed by atoms with Gasteiger partial charge in [-0.05, 0) is 12.3 Å². The highest BCUT2D eigenvalue weighted by molar-refractivity contribution is 6.32. The monoisotopic (exact) mass is 303 g/mol. The Bertz CT molecular complexity index is 463. The van der Waals surface area contributed by atoms with E-state index in [-0.39, 0.29) is 18.2 Å². The first-order chi connectivity index (χ1) is 9.56. The van der Waals surface area contributed by atoms with Crippen LogP contribution in [0.5, 0.6) is 0 Å². The van der Waals surface area contributed by atoms with Crippen LogP contribution in [0.1, 0.15) is 20.3 Å². The van der Waals surface area contributed by atoms with Gasteiger partial charge in [-0.25, -0.2) is 4.68 Å². The van der Waals surface area contributed by atoms with Gasteiger partial charge in [0.15, 0.2) is 0 Å². The molecule has 0 saturated heterocycles. The molecule has 0 aliphatic heterocycles. The van der Waals surface area contributed by atoms with Crippen molar-refractivity contribution in [2.45, 2.75) is 26.8 Å². The van der Waals surface area contributed by atoms with Crippen LogP contribution in [0.4, 0.5) is 5.69 Å². The van der Waals surface area contributed by atoms with Crippen LogP contribution in [0.3, 0.4) is 0 Å². The summed E-state index contributed by atoms with van der Waals surface area (Å²) >= 11 is 5.96. The minimum absolute atomic E-state index is 0.0793. The van der Waals surface area contributed by atoms with Crippen molar-refractivity contribution < 1.29 is 9.84 Å². The Hall–Kier alpha value is -1.11. The summed E-state index contributed by atoms with van der Waals surface area (Å²) in [5.74, 6) is 0.626. The molecule has 0 unspecified atom stereocenters. The number of nitrogens with one attached hydrogen (secondary N) is 1. The number of hydrogen-bond donors (Lipinski definition) is 2. The second-order valence-electron chi connectivity index (χ2n) is 4.85. The maximum absolute atomic E-state index is 11.8. The van der Waals surface area contributed by atoms with Crippen LogP contribution in [0.15, 0.2) is 11.0 Å². The third-order valence-corrected chi connectivity index (χ3v) is 3.06. The molecule has 1 aromatic heterocycles. The highest BCUT2D eigenvalue weighted by Gasteiger charge is 2.08. The molecule has 1 rings (SSSR count). The Labute approximate surface area is 123 Å². The van der Waals surface area contributed by atoms with Crippen molar-refractivity contribution in [1.29, 1.82) is 0 Å². The molecule has 0 fully saturated rings. The summed E-state index contributed by atoms with van der Waals surface area (Å²) in [4.78, 5) is 11.8. The van der Waals surface area contributed by atoms with E-state index in [0.29, 0.717) is 24.8 Å². The van der Waals surface area contributed by atoms with Gasteiger partial charge in [-0.1, -0.05) is 25.4 Å². The Morgan fingerprint density at radius 2 is 2.25 bits per heavy atom. The molecule has 7 heteroatoms. The van der Waals surface area contributed by atoms with E-state index in [2.05, 4.69) is 24.3 Å². The van der Waals surface area contributed by atoms with E-state index in [1.807, 2.05) is 0 Å². The average molecular weight is 304 g/mol. The zero-order valence-electron chi connectivity index (χ0n) is 11.9. The van der Waals surface area contributed by atoms with Crippen molar-refractivity contribution in [1.82, 2.24) is 9.78 Å². The fraction of sp³-hybridized carbons (Fsp3) is 0.692. The normalized spacial score (nSPS) is 11.1. The van der Waals surface area contributed by atoms with E-state index in [1.54, 1.807) is 0 Å². The molecule has 1 heterocycles. The lowest BCUT2D eigenvalue weighted by atomic mass is 10.1. The Morgan fingerprint density at radius 1 is 1.50 bits per heavy atom. The summed E-state index contributed by atoms with van der Waals surface area (Å²) in [6, 6.07) is 0. The van der Waals surface area contributed by atoms with Crippen LogP contribution in [0.2, 0.25) is 5.02 Å². The number of ether oxygens (including phenoxy) is 1. The summed E-state index contributed by atoms with van der Waals surface area (Å²) in [6.45, 7) is 6.11. The van der Waals surface area contributed by atoms with Crippen molar-refractivity contribution in [2.75, 3.05) is 31.7 Å². The van der Waals surface area contributed by atoms with Gasteiger partial charge in [0.2, 0.25) is 0 Å². The highest BCUT2D eigenvalue weighted by Crippen LogP contribution is 2.14. The number of hydrogen-bond acceptors (Lipinski definition) is 5. The topological polar surface area (TPSA) is 76.4 Å². The largest absolute Gasteiger partial charge is 0.394 e. The summed E-state index contributed by atoms with van der Waals surface area (Å²) in [5, 5.41) is 15.8. The first kappa shape index (κ1) is 16.9. The molecule has 0 spiro atoms. The number of aliphatic hydroxyl groups is 1. The molecule has 0 atom stereocenters. The molecule has 114 valence electrons. The van der Waals surface area contributed by atoms with Gasteiger partial charge in [0.05, 0.1) is 31.6 Å². The quantitative estimate of drug-likeness (QED) is 0.674. The smallest absolute Gasteiger partial charge is 0.287 e. The summed E-state index contributed by atoms with van der Waals surface area (Å²) in [7, 11) is 0. The van der Waals surface area contributed by atoms with Crippen molar-refractivity contribution in [2.24, 2.45) is 5.92 Å². The average Bonchev–Trinajstić information content (AvgIpc) is 2.41. The van der Waals surface area contributed by atoms with E-state index < -0.39 is 5.56 Å². The van der Waals surface area contributed by atoms with E-state index in [0.717, 1.165) is 17.7 Å². The maximum Gasteiger partial charge on any atom is 0.287 e. The number of anilines is 1. The molecule has 0 radical (unpaired) electrons. The lowest BCUT2D eigenvalue weighted by Crippen LogP contribution is -2.26. The predicted octanol–water partition coefficient (Wildman–Crippen LogP) is 1.36. The SMILES string of the molecule is CC(C)CCOCCNc1cnn(CCO)c(=O)c1Cl. The van der Waals surface area contributed by atoms with Crippen molar-refractivity contribution in [3.8, 4) is 0 Å². The molecule has 0 aliphatic carbocycles. The second-order valence-corrected chi connectivity index (χ2v) is 5.22. The van der Waals surface area contributed by atoms with E-state index in [1.165, 1.54) is 6.20 Å². The molecule has 0 amide bonds. The molecule has 2 N–H and O–H groups in total. The third kappa shape index (κ3) is 5.48. The van der Waals surface area contributed by atoms with Crippen LogP contribution in [0.25, 0.3) is 0 Å². The Kier molecular flexibility index (Phi) is 7.58. The van der Waals surface area contributed by atoms with Gasteiger partial charge in [-0.3, -0.25) is 4.79 Å². The van der Waals surface area contributed by atoms with Crippen molar-refractivity contribution in [3.63, 3.8) is 0 Å². The van der Waals surface area contributed by atoms with E-state index in [9.17, 15) is 4.79 Å². The Balaban J connectivity index is 2.41. The zero-order chi connectivity index (χ0) is 15.0. The fourth-order valence-electron chi connectivity index (χ4n) is 1.52. The van der Waals surface area contributed by atoms with Crippen LogP contribution >= 0.6 is 11.6 Å². The van der Waals surface area contributed by atoms with Crippen LogP contribution in [-0.4, -0.2) is 41.3 Å². The highest BCUT2D eigenvalue weighted by atomic mass is 35.5. The molecule has 6 nitrogen and oxygen atoms in total. The lowest BCUT2D eigenvalue weighted by Gasteiger charge is -2.10. The first-order valence-corrected chi connectivity index (χ1v) is 7.12. The van der Waals surface area contributed by atoms with Crippen molar-refractivity contribution >= 4 is 17.3 Å². The van der Waals surface area contributed by atoms with Gasteiger partial charge in [-0.2, -0.15) is 5.10 Å². The van der Waals surface area contributed by atoms with Crippen LogP contribution in [0, 0.1) is 5.92 Å². The third-order valence-electron chi connectivity index (χ3n) is 2.70. The standard InChI is InChI=1S/C13H22ClN3O3/c1-10(2)3-7-20-8-4-15-11-9-16-17(5-6-18)13(19)12(11)14/h9-10,15,18H,3-8H2,1-2H3. The van der Waals surface area contributed by atoms with Gasteiger partial charge in [0, 0.05) is 13.2 Å². The zero-order valence-corrected chi connectivity index (χ0v) is 12.7. The number of halogens is 1. The first-order valence-electron chi connectivity index (χ1n) is 6.74. The van der Waals surface area contributed by atoms with E-state index >= 15 is 0 Å².